The molecule has 0 radical (unpaired) electrons. The van der Waals surface area contributed by atoms with Gasteiger partial charge in [-0.1, -0.05) is 36.4 Å². The van der Waals surface area contributed by atoms with Gasteiger partial charge in [0, 0.05) is 16.3 Å². The van der Waals surface area contributed by atoms with E-state index in [9.17, 15) is 9.59 Å². The van der Waals surface area contributed by atoms with Gasteiger partial charge in [-0.05, 0) is 41.1 Å². The molecule has 0 bridgehead atoms. The minimum Gasteiger partial charge on any atom is -0.351 e. The van der Waals surface area contributed by atoms with E-state index in [2.05, 4.69) is 34.9 Å². The summed E-state index contributed by atoms with van der Waals surface area (Å²) in [5.74, 6) is 0.181. The number of amides is 3. The second kappa shape index (κ2) is 7.72. The number of nitrogens with two attached hydrogens (primary N) is 1. The van der Waals surface area contributed by atoms with E-state index in [-0.39, 0.29) is 5.91 Å². The number of carbonyl (C=O) groups excluding carboxylic acids is 2. The van der Waals surface area contributed by atoms with Gasteiger partial charge in [-0.3, -0.25) is 4.79 Å². The van der Waals surface area contributed by atoms with Crippen LogP contribution in [-0.4, -0.2) is 17.7 Å². The summed E-state index contributed by atoms with van der Waals surface area (Å²) in [6.45, 7) is 0. The van der Waals surface area contributed by atoms with E-state index >= 15 is 0 Å². The van der Waals surface area contributed by atoms with Gasteiger partial charge < -0.3 is 16.4 Å². The maximum atomic E-state index is 12.1. The molecule has 0 unspecified atom stereocenters. The normalized spacial score (nSPS) is 10.4. The molecule has 0 fully saturated rings. The fourth-order valence-electron chi connectivity index (χ4n) is 2.42. The lowest BCUT2D eigenvalue weighted by molar-refractivity contribution is -0.113. The number of nitrogens with one attached hydrogen (secondary N) is 2. The van der Waals surface area contributed by atoms with Crippen LogP contribution in [0.2, 0.25) is 0 Å². The van der Waals surface area contributed by atoms with Crippen LogP contribution in [0.15, 0.2) is 71.6 Å². The number of hydrogen-bond donors (Lipinski definition) is 3. The number of urea groups is 1. The third-order valence-electron chi connectivity index (χ3n) is 3.50. The Bertz CT molecular complexity index is 927. The zero-order valence-electron chi connectivity index (χ0n) is 13.4. The lowest BCUT2D eigenvalue weighted by Gasteiger charge is -2.08. The Hall–Kier alpha value is -2.99. The average Bonchev–Trinajstić information content (AvgIpc) is 2.59. The molecule has 3 rings (SSSR count). The standard InChI is InChI=1S/C19H17N3O2S/c20-19(24)22-16-7-3-6-15(11-16)21-18(23)12-25-17-9-8-13-4-1-2-5-14(13)10-17/h1-11H,12H2,(H,21,23)(H3,20,22,24). The third kappa shape index (κ3) is 4.74. The van der Waals surface area contributed by atoms with Crippen molar-refractivity contribution < 1.29 is 9.59 Å². The molecule has 25 heavy (non-hydrogen) atoms. The van der Waals surface area contributed by atoms with Crippen molar-refractivity contribution in [3.8, 4) is 0 Å². The molecular weight excluding hydrogens is 334 g/mol. The first-order chi connectivity index (χ1) is 12.1. The summed E-state index contributed by atoms with van der Waals surface area (Å²) >= 11 is 1.48. The number of thioether (sulfide) groups is 1. The summed E-state index contributed by atoms with van der Waals surface area (Å²) in [5.41, 5.74) is 6.23. The molecule has 3 aromatic rings. The molecule has 0 saturated carbocycles. The molecule has 6 heteroatoms. The summed E-state index contributed by atoms with van der Waals surface area (Å²) in [6.07, 6.45) is 0. The quantitative estimate of drug-likeness (QED) is 0.606. The number of anilines is 2. The molecule has 0 atom stereocenters. The van der Waals surface area contributed by atoms with Gasteiger partial charge in [0.1, 0.15) is 0 Å². The summed E-state index contributed by atoms with van der Waals surface area (Å²) < 4.78 is 0. The van der Waals surface area contributed by atoms with Crippen LogP contribution in [-0.2, 0) is 4.79 Å². The van der Waals surface area contributed by atoms with Crippen molar-refractivity contribution >= 4 is 45.8 Å². The number of primary amides is 1. The van der Waals surface area contributed by atoms with Crippen molar-refractivity contribution in [2.24, 2.45) is 5.73 Å². The Kier molecular flexibility index (Phi) is 5.20. The topological polar surface area (TPSA) is 84.2 Å². The van der Waals surface area contributed by atoms with Crippen molar-refractivity contribution in [2.75, 3.05) is 16.4 Å². The molecule has 3 aromatic carbocycles. The van der Waals surface area contributed by atoms with Gasteiger partial charge in [-0.25, -0.2) is 4.79 Å². The van der Waals surface area contributed by atoms with Gasteiger partial charge in [0.15, 0.2) is 0 Å². The zero-order valence-corrected chi connectivity index (χ0v) is 14.2. The van der Waals surface area contributed by atoms with Crippen LogP contribution in [0.1, 0.15) is 0 Å². The Morgan fingerprint density at radius 1 is 0.840 bits per heavy atom. The van der Waals surface area contributed by atoms with E-state index in [0.29, 0.717) is 17.1 Å². The fraction of sp³-hybridized carbons (Fsp3) is 0.0526. The predicted molar refractivity (Wildman–Crippen MR) is 103 cm³/mol. The van der Waals surface area contributed by atoms with E-state index in [1.54, 1.807) is 24.3 Å². The Balaban J connectivity index is 1.59. The number of fused-ring (bicyclic) bond motifs is 1. The molecule has 0 aliphatic heterocycles. The van der Waals surface area contributed by atoms with Crippen LogP contribution in [0.25, 0.3) is 10.8 Å². The molecular formula is C19H17N3O2S. The predicted octanol–water partition coefficient (Wildman–Crippen LogP) is 4.06. The van der Waals surface area contributed by atoms with Crippen molar-refractivity contribution in [1.82, 2.24) is 0 Å². The van der Waals surface area contributed by atoms with Gasteiger partial charge in [-0.15, -0.1) is 11.8 Å². The smallest absolute Gasteiger partial charge is 0.316 e. The molecule has 0 spiro atoms. The van der Waals surface area contributed by atoms with Gasteiger partial charge in [0.05, 0.1) is 5.75 Å². The number of carbonyl (C=O) groups is 2. The van der Waals surface area contributed by atoms with E-state index in [1.807, 2.05) is 18.2 Å². The molecule has 0 aliphatic rings. The Morgan fingerprint density at radius 2 is 1.56 bits per heavy atom. The van der Waals surface area contributed by atoms with Crippen LogP contribution in [0.3, 0.4) is 0 Å². The minimum atomic E-state index is -0.643. The first kappa shape index (κ1) is 16.9. The zero-order chi connectivity index (χ0) is 17.6. The van der Waals surface area contributed by atoms with Gasteiger partial charge >= 0.3 is 6.03 Å². The Labute approximate surface area is 149 Å². The monoisotopic (exact) mass is 351 g/mol. The second-order valence-electron chi connectivity index (χ2n) is 5.42. The van der Waals surface area contributed by atoms with Crippen LogP contribution < -0.4 is 16.4 Å². The Morgan fingerprint density at radius 3 is 2.32 bits per heavy atom. The first-order valence-corrected chi connectivity index (χ1v) is 8.67. The molecule has 5 nitrogen and oxygen atoms in total. The maximum Gasteiger partial charge on any atom is 0.316 e. The molecule has 0 aliphatic carbocycles. The highest BCUT2D eigenvalue weighted by Crippen LogP contribution is 2.24. The van der Waals surface area contributed by atoms with Crippen molar-refractivity contribution in [2.45, 2.75) is 4.90 Å². The van der Waals surface area contributed by atoms with Gasteiger partial charge in [0.25, 0.3) is 0 Å². The highest BCUT2D eigenvalue weighted by Gasteiger charge is 2.06. The molecule has 0 heterocycles. The van der Waals surface area contributed by atoms with E-state index < -0.39 is 6.03 Å². The van der Waals surface area contributed by atoms with Crippen molar-refractivity contribution in [1.29, 1.82) is 0 Å². The lowest BCUT2D eigenvalue weighted by atomic mass is 10.1. The molecule has 126 valence electrons. The van der Waals surface area contributed by atoms with Crippen LogP contribution in [0.4, 0.5) is 16.2 Å². The number of rotatable bonds is 5. The second-order valence-corrected chi connectivity index (χ2v) is 6.46. The van der Waals surface area contributed by atoms with Crippen molar-refractivity contribution in [3.05, 3.63) is 66.7 Å². The maximum absolute atomic E-state index is 12.1. The van der Waals surface area contributed by atoms with E-state index in [4.69, 9.17) is 5.73 Å². The molecule has 3 amide bonds. The lowest BCUT2D eigenvalue weighted by Crippen LogP contribution is -2.19. The SMILES string of the molecule is NC(=O)Nc1cccc(NC(=O)CSc2ccc3ccccc3c2)c1. The number of hydrogen-bond acceptors (Lipinski definition) is 3. The highest BCUT2D eigenvalue weighted by atomic mass is 32.2. The van der Waals surface area contributed by atoms with E-state index in [1.165, 1.54) is 17.1 Å². The summed E-state index contributed by atoms with van der Waals surface area (Å²) in [5, 5.41) is 7.61. The highest BCUT2D eigenvalue weighted by molar-refractivity contribution is 8.00. The van der Waals surface area contributed by atoms with Crippen LogP contribution in [0.5, 0.6) is 0 Å². The third-order valence-corrected chi connectivity index (χ3v) is 4.50. The first-order valence-electron chi connectivity index (χ1n) is 7.68. The van der Waals surface area contributed by atoms with Gasteiger partial charge in [0.2, 0.25) is 5.91 Å². The van der Waals surface area contributed by atoms with Crippen molar-refractivity contribution in [3.63, 3.8) is 0 Å². The minimum absolute atomic E-state index is 0.116. The van der Waals surface area contributed by atoms with Gasteiger partial charge in [-0.2, -0.15) is 0 Å². The molecule has 0 aromatic heterocycles. The van der Waals surface area contributed by atoms with Crippen LogP contribution >= 0.6 is 11.8 Å². The molecule has 0 saturated heterocycles. The van der Waals surface area contributed by atoms with Crippen LogP contribution in [0, 0.1) is 0 Å². The fourth-order valence-corrected chi connectivity index (χ4v) is 3.16. The largest absolute Gasteiger partial charge is 0.351 e. The number of benzene rings is 3. The summed E-state index contributed by atoms with van der Waals surface area (Å²) in [4.78, 5) is 24.1. The summed E-state index contributed by atoms with van der Waals surface area (Å²) in [6, 6.07) is 20.4. The molecule has 4 N–H and O–H groups in total. The average molecular weight is 351 g/mol. The summed E-state index contributed by atoms with van der Waals surface area (Å²) in [7, 11) is 0. The van der Waals surface area contributed by atoms with E-state index in [0.717, 1.165) is 10.3 Å².